The lowest BCUT2D eigenvalue weighted by molar-refractivity contribution is -0.384. The molecule has 9 nitrogen and oxygen atoms in total. The van der Waals surface area contributed by atoms with E-state index in [4.69, 9.17) is 4.42 Å². The van der Waals surface area contributed by atoms with E-state index in [1.54, 1.807) is 24.3 Å². The summed E-state index contributed by atoms with van der Waals surface area (Å²) in [6, 6.07) is 11.5. The summed E-state index contributed by atoms with van der Waals surface area (Å²) in [7, 11) is 0. The second-order valence-corrected chi connectivity index (χ2v) is 5.70. The minimum atomic E-state index is -0.932. The minimum absolute atomic E-state index is 0.103. The molecule has 27 heavy (non-hydrogen) atoms. The highest BCUT2D eigenvalue weighted by molar-refractivity contribution is 6.00. The van der Waals surface area contributed by atoms with Gasteiger partial charge in [-0.1, -0.05) is 17.7 Å². The molecule has 3 aromatic rings. The summed E-state index contributed by atoms with van der Waals surface area (Å²) in [4.78, 5) is 46.4. The van der Waals surface area contributed by atoms with Crippen LogP contribution in [0.15, 0.2) is 57.7 Å². The molecule has 0 unspecified atom stereocenters. The Balaban J connectivity index is 1.81. The summed E-state index contributed by atoms with van der Waals surface area (Å²) in [5.41, 5.74) is 4.17. The third-order valence-electron chi connectivity index (χ3n) is 3.77. The van der Waals surface area contributed by atoms with Gasteiger partial charge in [-0.25, -0.2) is 4.79 Å². The van der Waals surface area contributed by atoms with Crippen LogP contribution in [0.3, 0.4) is 0 Å². The fourth-order valence-electron chi connectivity index (χ4n) is 2.34. The topological polar surface area (TPSA) is 132 Å². The first-order valence-electron chi connectivity index (χ1n) is 7.75. The van der Waals surface area contributed by atoms with Crippen molar-refractivity contribution in [1.29, 1.82) is 0 Å². The van der Waals surface area contributed by atoms with Crippen molar-refractivity contribution in [2.75, 3.05) is 0 Å². The molecule has 0 atom stereocenters. The van der Waals surface area contributed by atoms with Crippen molar-refractivity contribution >= 4 is 28.5 Å². The standard InChI is InChI=1S/C18H13N3O6/c1-10-2-4-11(5-3-10)16(22)19-20-17(23)14-9-12-8-13(21(25)26)6-7-15(12)27-18(14)24/h2-9H,1H3,(H,19,22)(H,20,23). The maximum absolute atomic E-state index is 12.2. The van der Waals surface area contributed by atoms with E-state index >= 15 is 0 Å². The zero-order valence-electron chi connectivity index (χ0n) is 14.0. The van der Waals surface area contributed by atoms with Crippen LogP contribution in [0.4, 0.5) is 5.69 Å². The fraction of sp³-hybridized carbons (Fsp3) is 0.0556. The predicted octanol–water partition coefficient (Wildman–Crippen LogP) is 2.08. The van der Waals surface area contributed by atoms with Gasteiger partial charge < -0.3 is 4.42 Å². The van der Waals surface area contributed by atoms with Crippen molar-refractivity contribution in [1.82, 2.24) is 10.9 Å². The molecule has 0 spiro atoms. The van der Waals surface area contributed by atoms with Crippen molar-refractivity contribution in [3.8, 4) is 0 Å². The molecule has 0 bridgehead atoms. The van der Waals surface area contributed by atoms with Crippen LogP contribution in [0, 0.1) is 17.0 Å². The third kappa shape index (κ3) is 3.82. The Hall–Kier alpha value is -4.01. The highest BCUT2D eigenvalue weighted by atomic mass is 16.6. The number of nitrogens with one attached hydrogen (secondary N) is 2. The summed E-state index contributed by atoms with van der Waals surface area (Å²) in [6.45, 7) is 1.87. The number of carbonyl (C=O) groups is 2. The molecule has 0 aliphatic heterocycles. The van der Waals surface area contributed by atoms with E-state index < -0.39 is 27.9 Å². The van der Waals surface area contributed by atoms with Gasteiger partial charge in [-0.2, -0.15) is 0 Å². The lowest BCUT2D eigenvalue weighted by Crippen LogP contribution is -2.43. The van der Waals surface area contributed by atoms with Crippen LogP contribution in [-0.2, 0) is 0 Å². The molecular weight excluding hydrogens is 354 g/mol. The summed E-state index contributed by atoms with van der Waals surface area (Å²) < 4.78 is 5.00. The number of fused-ring (bicyclic) bond motifs is 1. The van der Waals surface area contributed by atoms with Crippen LogP contribution < -0.4 is 16.5 Å². The van der Waals surface area contributed by atoms with Gasteiger partial charge in [-0.3, -0.25) is 30.6 Å². The molecule has 9 heteroatoms. The van der Waals surface area contributed by atoms with E-state index in [0.717, 1.165) is 5.56 Å². The van der Waals surface area contributed by atoms with Crippen LogP contribution in [0.25, 0.3) is 11.0 Å². The Labute approximate surface area is 151 Å². The Bertz CT molecular complexity index is 1120. The summed E-state index contributed by atoms with van der Waals surface area (Å²) in [5, 5.41) is 11.1. The van der Waals surface area contributed by atoms with Crippen LogP contribution in [0.1, 0.15) is 26.3 Å². The summed E-state index contributed by atoms with van der Waals surface area (Å²) >= 11 is 0. The number of nitro groups is 1. The van der Waals surface area contributed by atoms with Crippen molar-refractivity contribution in [3.05, 3.63) is 85.8 Å². The zero-order chi connectivity index (χ0) is 19.6. The predicted molar refractivity (Wildman–Crippen MR) is 95.2 cm³/mol. The average molecular weight is 367 g/mol. The van der Waals surface area contributed by atoms with Crippen LogP contribution in [0.2, 0.25) is 0 Å². The highest BCUT2D eigenvalue weighted by Crippen LogP contribution is 2.20. The van der Waals surface area contributed by atoms with Gasteiger partial charge in [-0.05, 0) is 31.2 Å². The molecule has 0 saturated heterocycles. The monoisotopic (exact) mass is 367 g/mol. The number of carbonyl (C=O) groups excluding carboxylic acids is 2. The Kier molecular flexibility index (Phi) is 4.67. The highest BCUT2D eigenvalue weighted by Gasteiger charge is 2.16. The maximum Gasteiger partial charge on any atom is 0.349 e. The number of aryl methyl sites for hydroxylation is 1. The number of nitrogens with zero attached hydrogens (tertiary/aromatic N) is 1. The fourth-order valence-corrected chi connectivity index (χ4v) is 2.34. The normalized spacial score (nSPS) is 10.4. The van der Waals surface area contributed by atoms with Crippen molar-refractivity contribution < 1.29 is 18.9 Å². The average Bonchev–Trinajstić information content (AvgIpc) is 2.65. The van der Waals surface area contributed by atoms with Crippen LogP contribution in [0.5, 0.6) is 0 Å². The van der Waals surface area contributed by atoms with Crippen molar-refractivity contribution in [2.45, 2.75) is 6.92 Å². The minimum Gasteiger partial charge on any atom is -0.422 e. The quantitative estimate of drug-likeness (QED) is 0.414. The number of hydrogen-bond acceptors (Lipinski definition) is 6. The first-order chi connectivity index (χ1) is 12.8. The van der Waals surface area contributed by atoms with Gasteiger partial charge in [0, 0.05) is 23.1 Å². The molecule has 1 heterocycles. The maximum atomic E-state index is 12.2. The van der Waals surface area contributed by atoms with E-state index in [0.29, 0.717) is 5.56 Å². The number of benzene rings is 2. The molecule has 0 aliphatic rings. The van der Waals surface area contributed by atoms with E-state index in [2.05, 4.69) is 10.9 Å². The van der Waals surface area contributed by atoms with E-state index in [-0.39, 0.29) is 16.7 Å². The van der Waals surface area contributed by atoms with E-state index in [1.807, 2.05) is 6.92 Å². The summed E-state index contributed by atoms with van der Waals surface area (Å²) in [5.74, 6) is -1.47. The van der Waals surface area contributed by atoms with Crippen molar-refractivity contribution in [3.63, 3.8) is 0 Å². The molecule has 2 aromatic carbocycles. The van der Waals surface area contributed by atoms with Crippen LogP contribution >= 0.6 is 0 Å². The number of nitro benzene ring substituents is 1. The lowest BCUT2D eigenvalue weighted by atomic mass is 10.1. The molecule has 2 N–H and O–H groups in total. The van der Waals surface area contributed by atoms with Gasteiger partial charge in [0.2, 0.25) is 0 Å². The lowest BCUT2D eigenvalue weighted by Gasteiger charge is -2.07. The van der Waals surface area contributed by atoms with Crippen LogP contribution in [-0.4, -0.2) is 16.7 Å². The molecule has 0 radical (unpaired) electrons. The number of rotatable bonds is 3. The van der Waals surface area contributed by atoms with Gasteiger partial charge in [0.1, 0.15) is 11.1 Å². The Morgan fingerprint density at radius 1 is 1.00 bits per heavy atom. The van der Waals surface area contributed by atoms with Gasteiger partial charge in [0.25, 0.3) is 17.5 Å². The first-order valence-corrected chi connectivity index (χ1v) is 7.75. The molecule has 3 rings (SSSR count). The number of non-ortho nitro benzene ring substituents is 1. The van der Waals surface area contributed by atoms with Gasteiger partial charge in [0.15, 0.2) is 0 Å². The molecule has 2 amide bonds. The number of hydrogen-bond donors (Lipinski definition) is 2. The Morgan fingerprint density at radius 2 is 1.67 bits per heavy atom. The zero-order valence-corrected chi connectivity index (χ0v) is 14.0. The van der Waals surface area contributed by atoms with Crippen molar-refractivity contribution in [2.24, 2.45) is 0 Å². The second kappa shape index (κ2) is 7.08. The van der Waals surface area contributed by atoms with Gasteiger partial charge in [-0.15, -0.1) is 0 Å². The molecule has 0 aliphatic carbocycles. The Morgan fingerprint density at radius 3 is 2.33 bits per heavy atom. The first kappa shape index (κ1) is 17.8. The van der Waals surface area contributed by atoms with Gasteiger partial charge >= 0.3 is 5.63 Å². The smallest absolute Gasteiger partial charge is 0.349 e. The summed E-state index contributed by atoms with van der Waals surface area (Å²) in [6.07, 6.45) is 0. The molecule has 0 saturated carbocycles. The molecule has 0 fully saturated rings. The third-order valence-corrected chi connectivity index (χ3v) is 3.77. The SMILES string of the molecule is Cc1ccc(C(=O)NNC(=O)c2cc3cc([N+](=O)[O-])ccc3oc2=O)cc1. The van der Waals surface area contributed by atoms with E-state index in [1.165, 1.54) is 24.3 Å². The largest absolute Gasteiger partial charge is 0.422 e. The van der Waals surface area contributed by atoms with Gasteiger partial charge in [0.05, 0.1) is 4.92 Å². The number of amides is 2. The number of hydrazine groups is 1. The van der Waals surface area contributed by atoms with E-state index in [9.17, 15) is 24.5 Å². The molecule has 136 valence electrons. The molecule has 1 aromatic heterocycles. The molecular formula is C18H13N3O6. The second-order valence-electron chi connectivity index (χ2n) is 5.70.